The van der Waals surface area contributed by atoms with E-state index >= 15 is 0 Å². The van der Waals surface area contributed by atoms with Crippen molar-refractivity contribution in [1.82, 2.24) is 5.32 Å². The Morgan fingerprint density at radius 3 is 2.50 bits per heavy atom. The molecule has 1 amide bonds. The Hall–Kier alpha value is -0.820. The highest BCUT2D eigenvalue weighted by atomic mass is 19.4. The number of hydrogen-bond donors (Lipinski definition) is 2. The van der Waals surface area contributed by atoms with E-state index in [0.717, 1.165) is 0 Å². The third kappa shape index (κ3) is 6.67. The lowest BCUT2D eigenvalue weighted by molar-refractivity contribution is -0.154. The number of alkyl halides is 3. The Morgan fingerprint density at radius 2 is 2.14 bits per heavy atom. The van der Waals surface area contributed by atoms with Crippen molar-refractivity contribution in [2.45, 2.75) is 18.6 Å². The van der Waals surface area contributed by atoms with E-state index < -0.39 is 31.2 Å². The smallest absolute Gasteiger partial charge is 0.394 e. The number of halogens is 3. The lowest BCUT2D eigenvalue weighted by Crippen LogP contribution is -2.42. The molecule has 0 heterocycles. The van der Waals surface area contributed by atoms with Crippen LogP contribution >= 0.6 is 0 Å². The first kappa shape index (κ1) is 13.2. The monoisotopic (exact) mass is 215 g/mol. The van der Waals surface area contributed by atoms with E-state index in [9.17, 15) is 18.0 Å². The molecule has 0 aromatic rings. The van der Waals surface area contributed by atoms with Crippen LogP contribution in [-0.4, -0.2) is 43.6 Å². The molecule has 0 saturated carbocycles. The van der Waals surface area contributed by atoms with E-state index in [1.165, 1.54) is 7.11 Å². The van der Waals surface area contributed by atoms with Crippen LogP contribution in [0.15, 0.2) is 0 Å². The van der Waals surface area contributed by atoms with Crippen molar-refractivity contribution >= 4 is 5.91 Å². The van der Waals surface area contributed by atoms with Crippen LogP contribution in [0.1, 0.15) is 6.42 Å². The van der Waals surface area contributed by atoms with Gasteiger partial charge in [-0.15, -0.1) is 0 Å². The van der Waals surface area contributed by atoms with E-state index in [1.54, 1.807) is 0 Å². The number of ether oxygens (including phenoxy) is 1. The molecule has 1 atom stereocenters. The summed E-state index contributed by atoms with van der Waals surface area (Å²) in [7, 11) is 1.32. The molecule has 2 N–H and O–H groups in total. The van der Waals surface area contributed by atoms with Crippen LogP contribution in [0.5, 0.6) is 0 Å². The average Bonchev–Trinajstić information content (AvgIpc) is 2.00. The van der Waals surface area contributed by atoms with Crippen molar-refractivity contribution < 1.29 is 27.8 Å². The summed E-state index contributed by atoms with van der Waals surface area (Å²) in [6, 6.07) is -0.796. The van der Waals surface area contributed by atoms with Crippen LogP contribution in [0.2, 0.25) is 0 Å². The van der Waals surface area contributed by atoms with Crippen LogP contribution in [0.3, 0.4) is 0 Å². The minimum Gasteiger partial charge on any atom is -0.394 e. The number of rotatable bonds is 5. The first-order chi connectivity index (χ1) is 6.39. The minimum absolute atomic E-state index is 0.0277. The predicted octanol–water partition coefficient (Wildman–Crippen LogP) is 0.0623. The van der Waals surface area contributed by atoms with Crippen molar-refractivity contribution in [3.63, 3.8) is 0 Å². The lowest BCUT2D eigenvalue weighted by atomic mass is 10.3. The number of methoxy groups -OCH3 is 1. The third-order valence-corrected chi connectivity index (χ3v) is 1.31. The molecular formula is C7H12F3NO3. The Balaban J connectivity index is 3.91. The zero-order valence-corrected chi connectivity index (χ0v) is 7.60. The standard InChI is InChI=1S/C7H12F3NO3/c1-14-4-5(3-12)11-6(13)2-7(8,9)10/h5,12H,2-4H2,1H3,(H,11,13). The van der Waals surface area contributed by atoms with Gasteiger partial charge < -0.3 is 15.2 Å². The van der Waals surface area contributed by atoms with Crippen molar-refractivity contribution in [3.8, 4) is 0 Å². The van der Waals surface area contributed by atoms with Gasteiger partial charge in [-0.25, -0.2) is 0 Å². The van der Waals surface area contributed by atoms with Gasteiger partial charge in [0.1, 0.15) is 6.42 Å². The van der Waals surface area contributed by atoms with E-state index in [4.69, 9.17) is 5.11 Å². The number of nitrogens with one attached hydrogen (secondary N) is 1. The number of aliphatic hydroxyl groups is 1. The molecule has 14 heavy (non-hydrogen) atoms. The number of amides is 1. The minimum atomic E-state index is -4.53. The Kier molecular flexibility index (Phi) is 5.47. The second-order valence-electron chi connectivity index (χ2n) is 2.69. The maximum Gasteiger partial charge on any atom is 0.397 e. The molecule has 1 unspecified atom stereocenters. The van der Waals surface area contributed by atoms with Crippen LogP contribution < -0.4 is 5.32 Å². The summed E-state index contributed by atoms with van der Waals surface area (Å²) in [6.45, 7) is -0.489. The molecule has 0 spiro atoms. The average molecular weight is 215 g/mol. The van der Waals surface area contributed by atoms with Crippen LogP contribution in [0.4, 0.5) is 13.2 Å². The van der Waals surface area contributed by atoms with Gasteiger partial charge in [0.05, 0.1) is 19.3 Å². The summed E-state index contributed by atoms with van der Waals surface area (Å²) in [5, 5.41) is 10.6. The zero-order valence-electron chi connectivity index (χ0n) is 7.60. The third-order valence-electron chi connectivity index (χ3n) is 1.31. The molecule has 0 aliphatic rings. The fourth-order valence-corrected chi connectivity index (χ4v) is 0.802. The Labute approximate surface area is 79.0 Å². The van der Waals surface area contributed by atoms with E-state index in [1.807, 2.05) is 5.32 Å². The highest BCUT2D eigenvalue weighted by Crippen LogP contribution is 2.18. The van der Waals surface area contributed by atoms with Crippen molar-refractivity contribution in [1.29, 1.82) is 0 Å². The van der Waals surface area contributed by atoms with Gasteiger partial charge in [0.15, 0.2) is 0 Å². The molecule has 0 radical (unpaired) electrons. The summed E-state index contributed by atoms with van der Waals surface area (Å²) < 4.78 is 39.6. The Morgan fingerprint density at radius 1 is 1.57 bits per heavy atom. The summed E-state index contributed by atoms with van der Waals surface area (Å²) in [4.78, 5) is 10.7. The number of carbonyl (C=O) groups is 1. The fraction of sp³-hybridized carbons (Fsp3) is 0.857. The summed E-state index contributed by atoms with van der Waals surface area (Å²) in [5.41, 5.74) is 0. The molecule has 0 aliphatic heterocycles. The van der Waals surface area contributed by atoms with Crippen LogP contribution in [-0.2, 0) is 9.53 Å². The molecule has 84 valence electrons. The lowest BCUT2D eigenvalue weighted by Gasteiger charge is -2.15. The van der Waals surface area contributed by atoms with Crippen molar-refractivity contribution in [3.05, 3.63) is 0 Å². The molecule has 0 aromatic carbocycles. The van der Waals surface area contributed by atoms with E-state index in [0.29, 0.717) is 0 Å². The zero-order chi connectivity index (χ0) is 11.2. The predicted molar refractivity (Wildman–Crippen MR) is 41.6 cm³/mol. The summed E-state index contributed by atoms with van der Waals surface area (Å²) in [6.07, 6.45) is -6.08. The molecule has 0 rings (SSSR count). The van der Waals surface area contributed by atoms with E-state index in [-0.39, 0.29) is 6.61 Å². The van der Waals surface area contributed by atoms with Crippen LogP contribution in [0, 0.1) is 0 Å². The normalized spacial score (nSPS) is 13.8. The van der Waals surface area contributed by atoms with Gasteiger partial charge in [-0.3, -0.25) is 4.79 Å². The Bertz CT molecular complexity index is 184. The SMILES string of the molecule is COCC(CO)NC(=O)CC(F)(F)F. The van der Waals surface area contributed by atoms with Gasteiger partial charge in [-0.2, -0.15) is 13.2 Å². The van der Waals surface area contributed by atoms with Crippen molar-refractivity contribution in [2.24, 2.45) is 0 Å². The maximum atomic E-state index is 11.7. The molecular weight excluding hydrogens is 203 g/mol. The molecule has 0 bridgehead atoms. The van der Waals surface area contributed by atoms with Gasteiger partial charge in [0.25, 0.3) is 0 Å². The largest absolute Gasteiger partial charge is 0.397 e. The topological polar surface area (TPSA) is 58.6 Å². The van der Waals surface area contributed by atoms with Gasteiger partial charge >= 0.3 is 6.18 Å². The number of carbonyl (C=O) groups excluding carboxylic acids is 1. The fourth-order valence-electron chi connectivity index (χ4n) is 0.802. The van der Waals surface area contributed by atoms with Gasteiger partial charge in [0.2, 0.25) is 5.91 Å². The highest BCUT2D eigenvalue weighted by Gasteiger charge is 2.31. The first-order valence-electron chi connectivity index (χ1n) is 3.85. The van der Waals surface area contributed by atoms with E-state index in [2.05, 4.69) is 4.74 Å². The number of hydrogen-bond acceptors (Lipinski definition) is 3. The number of aliphatic hydroxyl groups excluding tert-OH is 1. The molecule has 4 nitrogen and oxygen atoms in total. The van der Waals surface area contributed by atoms with Gasteiger partial charge in [-0.1, -0.05) is 0 Å². The highest BCUT2D eigenvalue weighted by molar-refractivity contribution is 5.76. The molecule has 0 aromatic heterocycles. The van der Waals surface area contributed by atoms with Gasteiger partial charge in [0, 0.05) is 7.11 Å². The second-order valence-corrected chi connectivity index (χ2v) is 2.69. The molecule has 7 heteroatoms. The quantitative estimate of drug-likeness (QED) is 0.682. The maximum absolute atomic E-state index is 11.7. The summed E-state index contributed by atoms with van der Waals surface area (Å²) >= 11 is 0. The molecule has 0 saturated heterocycles. The van der Waals surface area contributed by atoms with Crippen LogP contribution in [0.25, 0.3) is 0 Å². The second kappa shape index (κ2) is 5.82. The summed E-state index contributed by atoms with van der Waals surface area (Å²) in [5.74, 6) is -1.17. The van der Waals surface area contributed by atoms with Gasteiger partial charge in [-0.05, 0) is 0 Å². The molecule has 0 fully saturated rings. The van der Waals surface area contributed by atoms with Crippen molar-refractivity contribution in [2.75, 3.05) is 20.3 Å². The molecule has 0 aliphatic carbocycles. The first-order valence-corrected chi connectivity index (χ1v) is 3.85.